The molecule has 2 rings (SSSR count). The van der Waals surface area contributed by atoms with Gasteiger partial charge in [0.25, 0.3) is 0 Å². The number of ketones is 1. The van der Waals surface area contributed by atoms with Gasteiger partial charge in [-0.2, -0.15) is 0 Å². The van der Waals surface area contributed by atoms with Crippen LogP contribution in [0.15, 0.2) is 24.3 Å². The van der Waals surface area contributed by atoms with Gasteiger partial charge in [0.2, 0.25) is 0 Å². The summed E-state index contributed by atoms with van der Waals surface area (Å²) in [7, 11) is 0. The fraction of sp³-hybridized carbons (Fsp3) is 0.200. The van der Waals surface area contributed by atoms with Crippen LogP contribution in [0.1, 0.15) is 28.3 Å². The largest absolute Gasteiger partial charge is 0.294 e. The second-order valence-corrected chi connectivity index (χ2v) is 2.91. The van der Waals surface area contributed by atoms with Gasteiger partial charge in [0, 0.05) is 12.0 Å². The molecule has 1 heteroatoms. The minimum Gasteiger partial charge on any atom is -0.294 e. The standard InChI is InChI=1S/C10H9O/c1-7-6-10(11)9-5-3-2-4-8(7)9/h2-5,7H,1,6H2. The average Bonchev–Trinajstić information content (AvgIpc) is 2.30. The fourth-order valence-corrected chi connectivity index (χ4v) is 1.55. The predicted octanol–water partition coefficient (Wildman–Crippen LogP) is 2.19. The van der Waals surface area contributed by atoms with Crippen molar-refractivity contribution >= 4 is 5.78 Å². The number of hydrogen-bond donors (Lipinski definition) is 0. The third-order valence-corrected chi connectivity index (χ3v) is 2.13. The van der Waals surface area contributed by atoms with Crippen molar-refractivity contribution in [3.8, 4) is 0 Å². The minimum absolute atomic E-state index is 0.179. The summed E-state index contributed by atoms with van der Waals surface area (Å²) < 4.78 is 0. The number of benzene rings is 1. The Morgan fingerprint density at radius 3 is 2.82 bits per heavy atom. The van der Waals surface area contributed by atoms with Crippen LogP contribution in [0.4, 0.5) is 0 Å². The van der Waals surface area contributed by atoms with Crippen LogP contribution in [-0.2, 0) is 0 Å². The molecule has 0 saturated carbocycles. The Labute approximate surface area is 66.0 Å². The zero-order chi connectivity index (χ0) is 7.84. The van der Waals surface area contributed by atoms with E-state index in [1.807, 2.05) is 24.3 Å². The molecule has 0 fully saturated rings. The highest BCUT2D eigenvalue weighted by molar-refractivity contribution is 6.01. The lowest BCUT2D eigenvalue weighted by molar-refractivity contribution is 0.0992. The van der Waals surface area contributed by atoms with Crippen molar-refractivity contribution in [3.63, 3.8) is 0 Å². The van der Waals surface area contributed by atoms with Crippen molar-refractivity contribution in [2.45, 2.75) is 12.3 Å². The molecule has 1 aromatic carbocycles. The van der Waals surface area contributed by atoms with Gasteiger partial charge in [0.1, 0.15) is 0 Å². The summed E-state index contributed by atoms with van der Waals surface area (Å²) in [5, 5.41) is 0. The molecule has 0 amide bonds. The summed E-state index contributed by atoms with van der Waals surface area (Å²) in [5.74, 6) is 0.416. The van der Waals surface area contributed by atoms with Crippen LogP contribution in [0, 0.1) is 6.92 Å². The van der Waals surface area contributed by atoms with Gasteiger partial charge in [0.05, 0.1) is 0 Å². The van der Waals surface area contributed by atoms with Gasteiger partial charge in [-0.05, 0) is 18.4 Å². The van der Waals surface area contributed by atoms with Crippen molar-refractivity contribution < 1.29 is 4.79 Å². The first kappa shape index (κ1) is 6.59. The van der Waals surface area contributed by atoms with Crippen LogP contribution in [0.3, 0.4) is 0 Å². The molecule has 55 valence electrons. The maximum atomic E-state index is 11.2. The quantitative estimate of drug-likeness (QED) is 0.547. The fourth-order valence-electron chi connectivity index (χ4n) is 1.55. The number of Topliss-reactive ketones (excluding diaryl/α,β-unsaturated/α-hetero) is 1. The molecule has 1 aromatic rings. The highest BCUT2D eigenvalue weighted by atomic mass is 16.1. The summed E-state index contributed by atoms with van der Waals surface area (Å²) in [5.41, 5.74) is 1.98. The molecule has 0 heterocycles. The van der Waals surface area contributed by atoms with Crippen LogP contribution in [0.5, 0.6) is 0 Å². The molecule has 11 heavy (non-hydrogen) atoms. The molecule has 1 aliphatic rings. The van der Waals surface area contributed by atoms with Gasteiger partial charge in [-0.3, -0.25) is 4.79 Å². The zero-order valence-electron chi connectivity index (χ0n) is 6.21. The van der Waals surface area contributed by atoms with E-state index < -0.39 is 0 Å². The van der Waals surface area contributed by atoms with E-state index in [1.165, 1.54) is 0 Å². The Balaban J connectivity index is 2.60. The van der Waals surface area contributed by atoms with Gasteiger partial charge < -0.3 is 0 Å². The molecule has 0 spiro atoms. The number of hydrogen-bond acceptors (Lipinski definition) is 1. The lowest BCUT2D eigenvalue weighted by Gasteiger charge is -1.99. The van der Waals surface area contributed by atoms with Crippen molar-refractivity contribution in [2.24, 2.45) is 0 Å². The maximum absolute atomic E-state index is 11.2. The summed E-state index contributed by atoms with van der Waals surface area (Å²) in [6, 6.07) is 7.71. The van der Waals surface area contributed by atoms with Crippen molar-refractivity contribution in [1.29, 1.82) is 0 Å². The van der Waals surface area contributed by atoms with Gasteiger partial charge in [-0.15, -0.1) is 0 Å². The molecule has 1 unspecified atom stereocenters. The molecule has 1 radical (unpaired) electrons. The van der Waals surface area contributed by atoms with Crippen LogP contribution in [-0.4, -0.2) is 5.78 Å². The van der Waals surface area contributed by atoms with E-state index in [0.29, 0.717) is 6.42 Å². The number of fused-ring (bicyclic) bond motifs is 1. The predicted molar refractivity (Wildman–Crippen MR) is 43.5 cm³/mol. The molecule has 0 bridgehead atoms. The molecule has 1 atom stereocenters. The Kier molecular flexibility index (Phi) is 1.31. The lowest BCUT2D eigenvalue weighted by Crippen LogP contribution is -1.89. The summed E-state index contributed by atoms with van der Waals surface area (Å²) in [4.78, 5) is 11.2. The Hall–Kier alpha value is -1.11. The normalized spacial score (nSPS) is 21.9. The molecule has 0 saturated heterocycles. The third-order valence-electron chi connectivity index (χ3n) is 2.13. The first-order valence-electron chi connectivity index (χ1n) is 3.74. The van der Waals surface area contributed by atoms with E-state index in [1.54, 1.807) is 0 Å². The molecule has 0 N–H and O–H groups in total. The van der Waals surface area contributed by atoms with Crippen LogP contribution < -0.4 is 0 Å². The van der Waals surface area contributed by atoms with Crippen LogP contribution >= 0.6 is 0 Å². The van der Waals surface area contributed by atoms with E-state index in [0.717, 1.165) is 11.1 Å². The average molecular weight is 145 g/mol. The van der Waals surface area contributed by atoms with Gasteiger partial charge >= 0.3 is 0 Å². The highest BCUT2D eigenvalue weighted by Crippen LogP contribution is 2.31. The highest BCUT2D eigenvalue weighted by Gasteiger charge is 2.24. The van der Waals surface area contributed by atoms with E-state index >= 15 is 0 Å². The number of carbonyl (C=O) groups is 1. The summed E-state index contributed by atoms with van der Waals surface area (Å²) in [6.45, 7) is 3.91. The first-order valence-corrected chi connectivity index (χ1v) is 3.74. The molecule has 0 aromatic heterocycles. The van der Waals surface area contributed by atoms with Crippen LogP contribution in [0.2, 0.25) is 0 Å². The Morgan fingerprint density at radius 2 is 2.09 bits per heavy atom. The van der Waals surface area contributed by atoms with E-state index in [-0.39, 0.29) is 11.7 Å². The molecule has 0 aliphatic heterocycles. The second kappa shape index (κ2) is 2.19. The summed E-state index contributed by atoms with van der Waals surface area (Å²) in [6.07, 6.45) is 0.583. The van der Waals surface area contributed by atoms with E-state index in [2.05, 4.69) is 6.92 Å². The molecule has 1 aliphatic carbocycles. The first-order chi connectivity index (χ1) is 5.29. The van der Waals surface area contributed by atoms with E-state index in [9.17, 15) is 4.79 Å². The van der Waals surface area contributed by atoms with Crippen molar-refractivity contribution in [2.75, 3.05) is 0 Å². The smallest absolute Gasteiger partial charge is 0.163 e. The van der Waals surface area contributed by atoms with Gasteiger partial charge in [0.15, 0.2) is 5.78 Å². The van der Waals surface area contributed by atoms with Gasteiger partial charge in [-0.1, -0.05) is 24.3 Å². The van der Waals surface area contributed by atoms with E-state index in [4.69, 9.17) is 0 Å². The molecular formula is C10H9O. The zero-order valence-corrected chi connectivity index (χ0v) is 6.21. The maximum Gasteiger partial charge on any atom is 0.163 e. The topological polar surface area (TPSA) is 17.1 Å². The number of rotatable bonds is 0. The monoisotopic (exact) mass is 145 g/mol. The third kappa shape index (κ3) is 0.881. The SMILES string of the molecule is [CH2]C1CC(=O)c2ccccc21. The minimum atomic E-state index is 0.179. The van der Waals surface area contributed by atoms with Crippen molar-refractivity contribution in [3.05, 3.63) is 42.3 Å². The molecular weight excluding hydrogens is 136 g/mol. The van der Waals surface area contributed by atoms with Crippen molar-refractivity contribution in [1.82, 2.24) is 0 Å². The molecule has 1 nitrogen and oxygen atoms in total. The lowest BCUT2D eigenvalue weighted by atomic mass is 10.0. The summed E-state index contributed by atoms with van der Waals surface area (Å²) >= 11 is 0. The Morgan fingerprint density at radius 1 is 1.36 bits per heavy atom. The van der Waals surface area contributed by atoms with Gasteiger partial charge in [-0.25, -0.2) is 0 Å². The second-order valence-electron chi connectivity index (χ2n) is 2.91. The number of carbonyl (C=O) groups excluding carboxylic acids is 1. The Bertz CT molecular complexity index is 301. The van der Waals surface area contributed by atoms with Crippen LogP contribution in [0.25, 0.3) is 0 Å².